The predicted molar refractivity (Wildman–Crippen MR) is 85.1 cm³/mol. The average molecular weight is 305 g/mol. The quantitative estimate of drug-likeness (QED) is 0.873. The van der Waals surface area contributed by atoms with Crippen molar-refractivity contribution in [2.45, 2.75) is 38.6 Å². The number of benzene rings is 1. The van der Waals surface area contributed by atoms with Crippen LogP contribution in [0, 0.1) is 6.92 Å². The van der Waals surface area contributed by atoms with Crippen LogP contribution in [-0.2, 0) is 6.42 Å². The summed E-state index contributed by atoms with van der Waals surface area (Å²) in [6.07, 6.45) is 4.74. The van der Waals surface area contributed by atoms with Gasteiger partial charge in [0.15, 0.2) is 0 Å². The molecule has 1 atom stereocenters. The van der Waals surface area contributed by atoms with E-state index in [1.807, 2.05) is 35.9 Å². The minimum absolute atomic E-state index is 0.545. The predicted octanol–water partition coefficient (Wildman–Crippen LogP) is 3.26. The highest BCUT2D eigenvalue weighted by Crippen LogP contribution is 2.23. The molecule has 21 heavy (non-hydrogen) atoms. The molecule has 2 aromatic rings. The molecule has 0 spiro atoms. The van der Waals surface area contributed by atoms with Crippen LogP contribution in [0.15, 0.2) is 24.3 Å². The van der Waals surface area contributed by atoms with Gasteiger partial charge in [-0.2, -0.15) is 5.10 Å². The number of aromatic nitrogens is 3. The normalized spacial score (nSPS) is 19.9. The van der Waals surface area contributed by atoms with E-state index in [4.69, 9.17) is 11.6 Å². The van der Waals surface area contributed by atoms with Gasteiger partial charge in [0.05, 0.1) is 10.7 Å². The third-order valence-electron chi connectivity index (χ3n) is 4.20. The zero-order chi connectivity index (χ0) is 14.8. The van der Waals surface area contributed by atoms with Crippen molar-refractivity contribution in [3.05, 3.63) is 40.9 Å². The molecule has 1 aliphatic rings. The lowest BCUT2D eigenvalue weighted by atomic mass is 10.00. The van der Waals surface area contributed by atoms with Crippen LogP contribution in [-0.4, -0.2) is 39.3 Å². The summed E-state index contributed by atoms with van der Waals surface area (Å²) in [4.78, 5) is 7.06. The summed E-state index contributed by atoms with van der Waals surface area (Å²) in [7, 11) is 2.20. The van der Waals surface area contributed by atoms with Crippen LogP contribution in [0.4, 0.5) is 0 Å². The number of hydrogen-bond acceptors (Lipinski definition) is 3. The van der Waals surface area contributed by atoms with E-state index in [2.05, 4.69) is 22.0 Å². The van der Waals surface area contributed by atoms with Gasteiger partial charge in [0.1, 0.15) is 11.6 Å². The largest absolute Gasteiger partial charge is 0.303 e. The highest BCUT2D eigenvalue weighted by molar-refractivity contribution is 6.32. The number of hydrogen-bond donors (Lipinski definition) is 0. The van der Waals surface area contributed by atoms with Crippen molar-refractivity contribution < 1.29 is 0 Å². The van der Waals surface area contributed by atoms with Gasteiger partial charge in [0, 0.05) is 12.5 Å². The molecule has 1 saturated heterocycles. The van der Waals surface area contributed by atoms with Gasteiger partial charge in [-0.3, -0.25) is 0 Å². The van der Waals surface area contributed by atoms with E-state index in [1.54, 1.807) is 0 Å². The molecule has 1 aliphatic heterocycles. The minimum Gasteiger partial charge on any atom is -0.303 e. The van der Waals surface area contributed by atoms with Gasteiger partial charge in [0.25, 0.3) is 0 Å². The van der Waals surface area contributed by atoms with E-state index >= 15 is 0 Å². The lowest BCUT2D eigenvalue weighted by Gasteiger charge is -2.32. The molecule has 0 saturated carbocycles. The van der Waals surface area contributed by atoms with Gasteiger partial charge >= 0.3 is 0 Å². The van der Waals surface area contributed by atoms with Crippen molar-refractivity contribution in [3.63, 3.8) is 0 Å². The summed E-state index contributed by atoms with van der Waals surface area (Å²) in [6.45, 7) is 3.10. The summed E-state index contributed by atoms with van der Waals surface area (Å²) >= 11 is 6.31. The van der Waals surface area contributed by atoms with E-state index in [0.717, 1.165) is 23.8 Å². The van der Waals surface area contributed by atoms with Gasteiger partial charge in [0.2, 0.25) is 0 Å². The first-order valence-corrected chi connectivity index (χ1v) is 7.90. The fourth-order valence-electron chi connectivity index (χ4n) is 3.02. The number of likely N-dealkylation sites (N-methyl/N-ethyl adjacent to an activating group) is 1. The molecule has 4 nitrogen and oxygen atoms in total. The first-order chi connectivity index (χ1) is 10.1. The second kappa shape index (κ2) is 6.16. The first kappa shape index (κ1) is 14.5. The summed E-state index contributed by atoms with van der Waals surface area (Å²) in [5.74, 6) is 1.79. The topological polar surface area (TPSA) is 34.0 Å². The van der Waals surface area contributed by atoms with E-state index in [9.17, 15) is 0 Å². The molecule has 2 heterocycles. The number of nitrogens with zero attached hydrogens (tertiary/aromatic N) is 4. The van der Waals surface area contributed by atoms with Gasteiger partial charge < -0.3 is 4.90 Å². The maximum Gasteiger partial charge on any atom is 0.148 e. The number of halogens is 1. The Hall–Kier alpha value is -1.39. The van der Waals surface area contributed by atoms with Crippen LogP contribution in [0.25, 0.3) is 5.69 Å². The zero-order valence-electron chi connectivity index (χ0n) is 12.6. The van der Waals surface area contributed by atoms with Gasteiger partial charge in [-0.25, -0.2) is 9.67 Å². The smallest absolute Gasteiger partial charge is 0.148 e. The highest BCUT2D eigenvalue weighted by Gasteiger charge is 2.22. The number of aryl methyl sites for hydroxylation is 1. The van der Waals surface area contributed by atoms with E-state index in [1.165, 1.54) is 25.8 Å². The number of likely N-dealkylation sites (tertiary alicyclic amines) is 1. The van der Waals surface area contributed by atoms with Crippen LogP contribution in [0.1, 0.15) is 30.9 Å². The molecule has 0 aliphatic carbocycles. The fourth-order valence-corrected chi connectivity index (χ4v) is 3.24. The monoisotopic (exact) mass is 304 g/mol. The van der Waals surface area contributed by atoms with Crippen LogP contribution >= 0.6 is 11.6 Å². The van der Waals surface area contributed by atoms with Gasteiger partial charge in [-0.1, -0.05) is 30.2 Å². The molecule has 0 radical (unpaired) electrons. The van der Waals surface area contributed by atoms with Crippen LogP contribution in [0.2, 0.25) is 5.02 Å². The van der Waals surface area contributed by atoms with Crippen molar-refractivity contribution >= 4 is 11.6 Å². The Morgan fingerprint density at radius 1 is 1.29 bits per heavy atom. The number of para-hydroxylation sites is 1. The Morgan fingerprint density at radius 2 is 2.10 bits per heavy atom. The Bertz CT molecular complexity index is 622. The lowest BCUT2D eigenvalue weighted by Crippen LogP contribution is -2.38. The van der Waals surface area contributed by atoms with Crippen molar-refractivity contribution in [1.82, 2.24) is 19.7 Å². The molecular formula is C16H21ClN4. The molecule has 0 amide bonds. The maximum atomic E-state index is 6.31. The number of rotatable bonds is 3. The zero-order valence-corrected chi connectivity index (χ0v) is 13.3. The second-order valence-electron chi connectivity index (χ2n) is 5.77. The molecule has 0 N–H and O–H groups in total. The highest BCUT2D eigenvalue weighted by atomic mass is 35.5. The minimum atomic E-state index is 0.545. The van der Waals surface area contributed by atoms with Crippen LogP contribution in [0.5, 0.6) is 0 Å². The SMILES string of the molecule is Cc1nc(CC2CCCCN2C)n(-c2ccccc2Cl)n1. The van der Waals surface area contributed by atoms with Crippen LogP contribution < -0.4 is 0 Å². The van der Waals surface area contributed by atoms with Gasteiger partial charge in [-0.15, -0.1) is 0 Å². The third kappa shape index (κ3) is 3.11. The lowest BCUT2D eigenvalue weighted by molar-refractivity contribution is 0.182. The summed E-state index contributed by atoms with van der Waals surface area (Å²) in [5, 5.41) is 5.24. The summed E-state index contributed by atoms with van der Waals surface area (Å²) < 4.78 is 1.90. The molecule has 5 heteroatoms. The van der Waals surface area contributed by atoms with Crippen molar-refractivity contribution in [2.75, 3.05) is 13.6 Å². The Morgan fingerprint density at radius 3 is 2.86 bits per heavy atom. The molecule has 3 rings (SSSR count). The molecule has 0 bridgehead atoms. The molecule has 1 fully saturated rings. The number of piperidine rings is 1. The summed E-state index contributed by atoms with van der Waals surface area (Å²) in [6, 6.07) is 8.34. The maximum absolute atomic E-state index is 6.31. The van der Waals surface area contributed by atoms with E-state index in [0.29, 0.717) is 11.1 Å². The molecular weight excluding hydrogens is 284 g/mol. The summed E-state index contributed by atoms with van der Waals surface area (Å²) in [5.41, 5.74) is 0.910. The third-order valence-corrected chi connectivity index (χ3v) is 4.52. The van der Waals surface area contributed by atoms with Crippen LogP contribution in [0.3, 0.4) is 0 Å². The van der Waals surface area contributed by atoms with E-state index in [-0.39, 0.29) is 0 Å². The Balaban J connectivity index is 1.91. The van der Waals surface area contributed by atoms with E-state index < -0.39 is 0 Å². The standard InChI is InChI=1S/C16H21ClN4/c1-12-18-16(11-13-7-5-6-10-20(13)2)21(19-12)15-9-4-3-8-14(15)17/h3-4,8-9,13H,5-7,10-11H2,1-2H3. The fraction of sp³-hybridized carbons (Fsp3) is 0.500. The molecule has 112 valence electrons. The molecule has 1 aromatic carbocycles. The molecule has 1 aromatic heterocycles. The molecule has 1 unspecified atom stereocenters. The Kier molecular flexibility index (Phi) is 4.27. The second-order valence-corrected chi connectivity index (χ2v) is 6.18. The van der Waals surface area contributed by atoms with Gasteiger partial charge in [-0.05, 0) is 45.5 Å². The first-order valence-electron chi connectivity index (χ1n) is 7.53. The van der Waals surface area contributed by atoms with Crippen molar-refractivity contribution in [3.8, 4) is 5.69 Å². The van der Waals surface area contributed by atoms with Crippen molar-refractivity contribution in [1.29, 1.82) is 0 Å². The Labute approximate surface area is 130 Å². The van der Waals surface area contributed by atoms with Crippen molar-refractivity contribution in [2.24, 2.45) is 0 Å². The average Bonchev–Trinajstić information content (AvgIpc) is 2.82.